The first-order chi connectivity index (χ1) is 13.6. The third kappa shape index (κ3) is 4.23. The van der Waals surface area contributed by atoms with Crippen molar-refractivity contribution in [3.05, 3.63) is 41.4 Å². The van der Waals surface area contributed by atoms with Gasteiger partial charge in [0, 0.05) is 37.1 Å². The minimum atomic E-state index is -0.352. The van der Waals surface area contributed by atoms with E-state index >= 15 is 0 Å². The van der Waals surface area contributed by atoms with E-state index in [1.165, 1.54) is 6.07 Å². The van der Waals surface area contributed by atoms with Crippen molar-refractivity contribution < 1.29 is 18.6 Å². The van der Waals surface area contributed by atoms with Gasteiger partial charge in [0.15, 0.2) is 5.75 Å². The average molecular weight is 388 g/mol. The fraction of sp³-hybridized carbons (Fsp3) is 0.550. The predicted molar refractivity (Wildman–Crippen MR) is 99.8 cm³/mol. The van der Waals surface area contributed by atoms with Crippen molar-refractivity contribution in [1.82, 2.24) is 19.9 Å². The molecule has 2 aromatic heterocycles. The third-order valence-corrected chi connectivity index (χ3v) is 5.26. The molecule has 4 rings (SSSR count). The number of fused-ring (bicyclic) bond motifs is 1. The van der Waals surface area contributed by atoms with Crippen LogP contribution in [-0.2, 0) is 11.3 Å². The first-order valence-corrected chi connectivity index (χ1v) is 9.69. The molecule has 0 amide bonds. The SMILES string of the molecule is Cc1ncc(COC2CCN([C@H](C)c3nc4c(cc3F)OCCO4)CC2)cn1. The summed E-state index contributed by atoms with van der Waals surface area (Å²) in [5.41, 5.74) is 1.38. The normalized spacial score (nSPS) is 18.8. The lowest BCUT2D eigenvalue weighted by atomic mass is 10.0. The Bertz CT molecular complexity index is 810. The molecular weight excluding hydrogens is 363 g/mol. The molecule has 0 aliphatic carbocycles. The van der Waals surface area contributed by atoms with Crippen molar-refractivity contribution in [2.45, 2.75) is 45.4 Å². The summed E-state index contributed by atoms with van der Waals surface area (Å²) >= 11 is 0. The Labute approximate surface area is 163 Å². The van der Waals surface area contributed by atoms with Crippen LogP contribution in [0.25, 0.3) is 0 Å². The Hall–Kier alpha value is -2.32. The van der Waals surface area contributed by atoms with Gasteiger partial charge in [0.1, 0.15) is 24.9 Å². The van der Waals surface area contributed by atoms with E-state index in [1.54, 1.807) is 12.4 Å². The molecule has 4 heterocycles. The van der Waals surface area contributed by atoms with E-state index in [-0.39, 0.29) is 18.0 Å². The molecule has 150 valence electrons. The molecule has 1 atom stereocenters. The Kier molecular flexibility index (Phi) is 5.68. The Morgan fingerprint density at radius 3 is 2.68 bits per heavy atom. The topological polar surface area (TPSA) is 69.6 Å². The monoisotopic (exact) mass is 388 g/mol. The van der Waals surface area contributed by atoms with Gasteiger partial charge in [-0.05, 0) is 26.7 Å². The fourth-order valence-corrected chi connectivity index (χ4v) is 3.57. The number of piperidine rings is 1. The molecule has 7 nitrogen and oxygen atoms in total. The van der Waals surface area contributed by atoms with Crippen LogP contribution >= 0.6 is 0 Å². The van der Waals surface area contributed by atoms with Gasteiger partial charge in [-0.3, -0.25) is 4.90 Å². The molecule has 8 heteroatoms. The second-order valence-electron chi connectivity index (χ2n) is 7.22. The van der Waals surface area contributed by atoms with E-state index in [4.69, 9.17) is 14.2 Å². The first kappa shape index (κ1) is 19.0. The van der Waals surface area contributed by atoms with Gasteiger partial charge in [-0.15, -0.1) is 0 Å². The number of hydrogen-bond donors (Lipinski definition) is 0. The Morgan fingerprint density at radius 2 is 1.93 bits per heavy atom. The maximum Gasteiger partial charge on any atom is 0.257 e. The molecule has 2 aliphatic heterocycles. The van der Waals surface area contributed by atoms with Crippen molar-refractivity contribution in [1.29, 1.82) is 0 Å². The van der Waals surface area contributed by atoms with Gasteiger partial charge in [-0.1, -0.05) is 0 Å². The minimum absolute atomic E-state index is 0.137. The molecule has 2 aromatic rings. The van der Waals surface area contributed by atoms with Gasteiger partial charge in [0.25, 0.3) is 5.88 Å². The number of nitrogens with zero attached hydrogens (tertiary/aromatic N) is 4. The lowest BCUT2D eigenvalue weighted by molar-refractivity contribution is -0.0107. The van der Waals surface area contributed by atoms with Crippen LogP contribution in [-0.4, -0.2) is 52.3 Å². The second-order valence-corrected chi connectivity index (χ2v) is 7.22. The van der Waals surface area contributed by atoms with Gasteiger partial charge < -0.3 is 14.2 Å². The van der Waals surface area contributed by atoms with Crippen molar-refractivity contribution in [3.8, 4) is 11.6 Å². The maximum absolute atomic E-state index is 14.5. The zero-order valence-corrected chi connectivity index (χ0v) is 16.2. The molecule has 0 saturated carbocycles. The number of rotatable bonds is 5. The molecule has 0 N–H and O–H groups in total. The highest BCUT2D eigenvalue weighted by Crippen LogP contribution is 2.33. The molecule has 0 aromatic carbocycles. The van der Waals surface area contributed by atoms with Crippen LogP contribution in [0.5, 0.6) is 11.6 Å². The summed E-state index contributed by atoms with van der Waals surface area (Å²) in [6.07, 6.45) is 5.57. The van der Waals surface area contributed by atoms with Crippen LogP contribution in [0.2, 0.25) is 0 Å². The zero-order valence-electron chi connectivity index (χ0n) is 16.2. The maximum atomic E-state index is 14.5. The number of pyridine rings is 1. The largest absolute Gasteiger partial charge is 0.484 e. The summed E-state index contributed by atoms with van der Waals surface area (Å²) in [4.78, 5) is 15.0. The average Bonchev–Trinajstić information content (AvgIpc) is 2.73. The molecule has 0 unspecified atom stereocenters. The summed E-state index contributed by atoms with van der Waals surface area (Å²) in [6, 6.07) is 1.24. The highest BCUT2D eigenvalue weighted by molar-refractivity contribution is 5.37. The van der Waals surface area contributed by atoms with Crippen LogP contribution in [0.1, 0.15) is 42.9 Å². The molecule has 1 fully saturated rings. The lowest BCUT2D eigenvalue weighted by Crippen LogP contribution is -2.39. The number of halogens is 1. The van der Waals surface area contributed by atoms with E-state index in [9.17, 15) is 4.39 Å². The second kappa shape index (κ2) is 8.36. The van der Waals surface area contributed by atoms with Crippen LogP contribution in [0, 0.1) is 12.7 Å². The van der Waals surface area contributed by atoms with E-state index in [2.05, 4.69) is 19.9 Å². The Morgan fingerprint density at radius 1 is 1.21 bits per heavy atom. The quantitative estimate of drug-likeness (QED) is 0.780. The standard InChI is InChI=1S/C20H25FN4O3/c1-13(19-17(21)9-18-20(24-19)27-8-7-26-18)25-5-3-16(4-6-25)28-12-15-10-22-14(2)23-11-15/h9-11,13,16H,3-8,12H2,1-2H3/t13-/m1/s1. The van der Waals surface area contributed by atoms with Crippen LogP contribution < -0.4 is 9.47 Å². The number of aromatic nitrogens is 3. The molecule has 2 aliphatic rings. The summed E-state index contributed by atoms with van der Waals surface area (Å²) in [5, 5.41) is 0. The number of likely N-dealkylation sites (tertiary alicyclic amines) is 1. The highest BCUT2D eigenvalue weighted by atomic mass is 19.1. The van der Waals surface area contributed by atoms with E-state index in [1.807, 2.05) is 13.8 Å². The van der Waals surface area contributed by atoms with Gasteiger partial charge in [-0.25, -0.2) is 19.3 Å². The van der Waals surface area contributed by atoms with E-state index < -0.39 is 0 Å². The summed E-state index contributed by atoms with van der Waals surface area (Å²) in [6.45, 7) is 6.86. The van der Waals surface area contributed by atoms with Crippen LogP contribution in [0.15, 0.2) is 18.5 Å². The molecule has 28 heavy (non-hydrogen) atoms. The lowest BCUT2D eigenvalue weighted by Gasteiger charge is -2.36. The predicted octanol–water partition coefficient (Wildman–Crippen LogP) is 2.83. The summed E-state index contributed by atoms with van der Waals surface area (Å²) < 4.78 is 31.4. The molecule has 0 spiro atoms. The molecular formula is C20H25FN4O3. The van der Waals surface area contributed by atoms with Gasteiger partial charge in [0.2, 0.25) is 0 Å². The zero-order chi connectivity index (χ0) is 19.5. The van der Waals surface area contributed by atoms with Crippen molar-refractivity contribution >= 4 is 0 Å². The van der Waals surface area contributed by atoms with Crippen LogP contribution in [0.4, 0.5) is 4.39 Å². The highest BCUT2D eigenvalue weighted by Gasteiger charge is 2.28. The molecule has 1 saturated heterocycles. The number of hydrogen-bond acceptors (Lipinski definition) is 7. The van der Waals surface area contributed by atoms with Crippen molar-refractivity contribution in [2.24, 2.45) is 0 Å². The van der Waals surface area contributed by atoms with Crippen molar-refractivity contribution in [3.63, 3.8) is 0 Å². The Balaban J connectivity index is 1.32. The smallest absolute Gasteiger partial charge is 0.257 e. The minimum Gasteiger partial charge on any atom is -0.484 e. The number of ether oxygens (including phenoxy) is 3. The number of aryl methyl sites for hydroxylation is 1. The van der Waals surface area contributed by atoms with Gasteiger partial charge >= 0.3 is 0 Å². The van der Waals surface area contributed by atoms with E-state index in [0.717, 1.165) is 37.3 Å². The van der Waals surface area contributed by atoms with E-state index in [0.29, 0.717) is 37.1 Å². The van der Waals surface area contributed by atoms with Crippen LogP contribution in [0.3, 0.4) is 0 Å². The van der Waals surface area contributed by atoms with Gasteiger partial charge in [-0.2, -0.15) is 0 Å². The van der Waals surface area contributed by atoms with Gasteiger partial charge in [0.05, 0.1) is 24.4 Å². The summed E-state index contributed by atoms with van der Waals surface area (Å²) in [5.74, 6) is 1.17. The summed E-state index contributed by atoms with van der Waals surface area (Å²) in [7, 11) is 0. The third-order valence-electron chi connectivity index (χ3n) is 5.26. The fourth-order valence-electron chi connectivity index (χ4n) is 3.57. The molecule has 0 bridgehead atoms. The van der Waals surface area contributed by atoms with Crippen molar-refractivity contribution in [2.75, 3.05) is 26.3 Å². The molecule has 0 radical (unpaired) electrons. The first-order valence-electron chi connectivity index (χ1n) is 9.69.